The topological polar surface area (TPSA) is 20.2 Å². The molecule has 1 nitrogen and oxygen atoms in total. The van der Waals surface area contributed by atoms with E-state index in [4.69, 9.17) is 0 Å². The van der Waals surface area contributed by atoms with Gasteiger partial charge in [0, 0.05) is 12.3 Å². The smallest absolute Gasteiger partial charge is 0.210 e. The van der Waals surface area contributed by atoms with Crippen molar-refractivity contribution in [2.24, 2.45) is 23.7 Å². The van der Waals surface area contributed by atoms with Crippen LogP contribution < -0.4 is 0 Å². The summed E-state index contributed by atoms with van der Waals surface area (Å²) in [6.45, 7) is 4.31. The fraction of sp³-hybridized carbons (Fsp3) is 1.00. The van der Waals surface area contributed by atoms with Crippen molar-refractivity contribution in [3.8, 4) is 0 Å². The number of hydrogen-bond acceptors (Lipinski definition) is 1. The van der Waals surface area contributed by atoms with Gasteiger partial charge in [0.1, 0.15) is 0 Å². The molecule has 0 aromatic carbocycles. The van der Waals surface area contributed by atoms with E-state index in [1.807, 2.05) is 0 Å². The van der Waals surface area contributed by atoms with Gasteiger partial charge in [0.05, 0.1) is 0 Å². The second kappa shape index (κ2) is 4.04. The Morgan fingerprint density at radius 1 is 1.07 bits per heavy atom. The van der Waals surface area contributed by atoms with E-state index >= 15 is 0 Å². The number of aliphatic hydroxyl groups is 1. The third-order valence-corrected chi connectivity index (χ3v) is 4.48. The van der Waals surface area contributed by atoms with Gasteiger partial charge in [-0.2, -0.15) is 0 Å². The van der Waals surface area contributed by atoms with Crippen molar-refractivity contribution in [1.29, 1.82) is 0 Å². The average molecular weight is 214 g/mol. The minimum absolute atomic E-state index is 0.0846. The van der Waals surface area contributed by atoms with Crippen molar-refractivity contribution in [3.63, 3.8) is 0 Å². The fourth-order valence-electron chi connectivity index (χ4n) is 3.64. The van der Waals surface area contributed by atoms with Gasteiger partial charge >= 0.3 is 0 Å². The van der Waals surface area contributed by atoms with Crippen molar-refractivity contribution in [3.05, 3.63) is 0 Å². The second-order valence-electron chi connectivity index (χ2n) is 5.99. The van der Waals surface area contributed by atoms with Gasteiger partial charge in [-0.3, -0.25) is 0 Å². The number of hydrogen-bond donors (Lipinski definition) is 1. The minimum Gasteiger partial charge on any atom is -0.361 e. The number of halogens is 1. The zero-order valence-corrected chi connectivity index (χ0v) is 9.88. The Balaban J connectivity index is 2.14. The summed E-state index contributed by atoms with van der Waals surface area (Å²) >= 11 is 0. The van der Waals surface area contributed by atoms with Crippen LogP contribution in [0, 0.1) is 23.7 Å². The summed E-state index contributed by atoms with van der Waals surface area (Å²) in [7, 11) is 0. The lowest BCUT2D eigenvalue weighted by Crippen LogP contribution is -2.40. The summed E-state index contributed by atoms with van der Waals surface area (Å²) in [5, 5.41) is 9.94. The van der Waals surface area contributed by atoms with E-state index in [9.17, 15) is 9.50 Å². The van der Waals surface area contributed by atoms with E-state index in [2.05, 4.69) is 13.8 Å². The number of rotatable bonds is 0. The van der Waals surface area contributed by atoms with Crippen molar-refractivity contribution in [2.45, 2.75) is 58.2 Å². The zero-order valence-electron chi connectivity index (χ0n) is 9.88. The van der Waals surface area contributed by atoms with Gasteiger partial charge in [-0.1, -0.05) is 26.7 Å². The molecule has 0 amide bonds. The average Bonchev–Trinajstić information content (AvgIpc) is 2.23. The highest BCUT2D eigenvalue weighted by Gasteiger charge is 2.46. The molecule has 0 radical (unpaired) electrons. The highest BCUT2D eigenvalue weighted by Crippen LogP contribution is 2.48. The molecule has 0 bridgehead atoms. The van der Waals surface area contributed by atoms with Gasteiger partial charge in [-0.25, -0.2) is 4.39 Å². The molecular weight excluding hydrogens is 191 g/mol. The first-order valence-electron chi connectivity index (χ1n) is 6.40. The molecule has 0 aromatic rings. The van der Waals surface area contributed by atoms with E-state index in [1.165, 1.54) is 0 Å². The molecule has 15 heavy (non-hydrogen) atoms. The lowest BCUT2D eigenvalue weighted by molar-refractivity contribution is -0.166. The molecule has 2 fully saturated rings. The Bertz CT molecular complexity index is 227. The van der Waals surface area contributed by atoms with Crippen molar-refractivity contribution >= 4 is 0 Å². The fourth-order valence-corrected chi connectivity index (χ4v) is 3.64. The number of fused-ring (bicyclic) bond motifs is 1. The predicted octanol–water partition coefficient (Wildman–Crippen LogP) is 3.52. The molecule has 5 unspecified atom stereocenters. The van der Waals surface area contributed by atoms with Crippen molar-refractivity contribution in [2.75, 3.05) is 0 Å². The van der Waals surface area contributed by atoms with E-state index in [0.29, 0.717) is 18.3 Å². The zero-order chi connectivity index (χ0) is 11.1. The third-order valence-electron chi connectivity index (χ3n) is 4.48. The molecule has 88 valence electrons. The van der Waals surface area contributed by atoms with Crippen LogP contribution in [0.1, 0.15) is 52.4 Å². The highest BCUT2D eigenvalue weighted by atomic mass is 19.2. The SMILES string of the molecule is CC1CCC2C(CCC(C)CC2(O)F)C1. The van der Waals surface area contributed by atoms with Crippen LogP contribution in [0.3, 0.4) is 0 Å². The van der Waals surface area contributed by atoms with Crippen molar-refractivity contribution < 1.29 is 9.50 Å². The quantitative estimate of drug-likeness (QED) is 0.654. The van der Waals surface area contributed by atoms with Gasteiger partial charge in [-0.05, 0) is 37.0 Å². The van der Waals surface area contributed by atoms with Crippen LogP contribution in [-0.2, 0) is 0 Å². The van der Waals surface area contributed by atoms with E-state index in [-0.39, 0.29) is 5.92 Å². The van der Waals surface area contributed by atoms with Crippen LogP contribution in [0.25, 0.3) is 0 Å². The molecule has 0 aliphatic heterocycles. The van der Waals surface area contributed by atoms with Gasteiger partial charge in [-0.15, -0.1) is 0 Å². The molecular formula is C13H23FO. The van der Waals surface area contributed by atoms with Crippen molar-refractivity contribution in [1.82, 2.24) is 0 Å². The van der Waals surface area contributed by atoms with Gasteiger partial charge in [0.25, 0.3) is 0 Å². The van der Waals surface area contributed by atoms with Crippen LogP contribution in [0.2, 0.25) is 0 Å². The first kappa shape index (κ1) is 11.4. The van der Waals surface area contributed by atoms with Crippen LogP contribution in [0.15, 0.2) is 0 Å². The van der Waals surface area contributed by atoms with E-state index in [0.717, 1.165) is 38.0 Å². The maximum Gasteiger partial charge on any atom is 0.210 e. The molecule has 1 N–H and O–H groups in total. The van der Waals surface area contributed by atoms with Crippen LogP contribution in [0.5, 0.6) is 0 Å². The summed E-state index contributed by atoms with van der Waals surface area (Å²) in [5.41, 5.74) is 0. The molecule has 2 aliphatic rings. The molecule has 2 heteroatoms. The molecule has 0 heterocycles. The molecule has 2 rings (SSSR count). The second-order valence-corrected chi connectivity index (χ2v) is 5.99. The van der Waals surface area contributed by atoms with Crippen LogP contribution in [-0.4, -0.2) is 11.0 Å². The molecule has 2 saturated carbocycles. The Labute approximate surface area is 92.1 Å². The van der Waals surface area contributed by atoms with E-state index < -0.39 is 5.85 Å². The Hall–Kier alpha value is -0.110. The maximum absolute atomic E-state index is 14.2. The first-order chi connectivity index (χ1) is 6.99. The third kappa shape index (κ3) is 2.35. The molecule has 0 spiro atoms. The highest BCUT2D eigenvalue weighted by molar-refractivity contribution is 4.90. The molecule has 5 atom stereocenters. The lowest BCUT2D eigenvalue weighted by Gasteiger charge is -2.39. The summed E-state index contributed by atoms with van der Waals surface area (Å²) in [4.78, 5) is 0. The van der Waals surface area contributed by atoms with Crippen LogP contribution in [0.4, 0.5) is 4.39 Å². The normalized spacial score (nSPS) is 52.0. The van der Waals surface area contributed by atoms with Gasteiger partial charge in [0.2, 0.25) is 5.85 Å². The molecule has 0 saturated heterocycles. The summed E-state index contributed by atoms with van der Waals surface area (Å²) < 4.78 is 14.2. The Morgan fingerprint density at radius 3 is 2.47 bits per heavy atom. The van der Waals surface area contributed by atoms with Gasteiger partial charge < -0.3 is 5.11 Å². The number of alkyl halides is 1. The monoisotopic (exact) mass is 214 g/mol. The minimum atomic E-state index is -1.89. The van der Waals surface area contributed by atoms with Crippen LogP contribution >= 0.6 is 0 Å². The maximum atomic E-state index is 14.2. The van der Waals surface area contributed by atoms with Gasteiger partial charge in [0.15, 0.2) is 0 Å². The van der Waals surface area contributed by atoms with E-state index in [1.54, 1.807) is 0 Å². The standard InChI is InChI=1S/C13H23FO/c1-9-4-6-12-11(7-9)5-3-10(2)8-13(12,14)15/h9-12,15H,3-8H2,1-2H3. The molecule has 2 aliphatic carbocycles. The Morgan fingerprint density at radius 2 is 1.73 bits per heavy atom. The summed E-state index contributed by atoms with van der Waals surface area (Å²) in [6.07, 6.45) is 5.63. The lowest BCUT2D eigenvalue weighted by atomic mass is 9.71. The first-order valence-corrected chi connectivity index (χ1v) is 6.40. The summed E-state index contributed by atoms with van der Waals surface area (Å²) in [6, 6.07) is 0. The largest absolute Gasteiger partial charge is 0.361 e. The molecule has 0 aromatic heterocycles. The summed E-state index contributed by atoms with van der Waals surface area (Å²) in [5.74, 6) is -0.496. The Kier molecular flexibility index (Phi) is 3.07. The predicted molar refractivity (Wildman–Crippen MR) is 59.1 cm³/mol.